The van der Waals surface area contributed by atoms with Crippen molar-refractivity contribution in [3.63, 3.8) is 0 Å². The SMILES string of the molecule is C1CNC1.CCCCC(CC)CO. The number of hydrogen-bond donors (Lipinski definition) is 2. The minimum Gasteiger partial charge on any atom is -0.396 e. The molecule has 0 amide bonds. The van der Waals surface area contributed by atoms with Crippen LogP contribution < -0.4 is 5.32 Å². The molecule has 0 radical (unpaired) electrons. The number of rotatable bonds is 5. The molecule has 0 saturated carbocycles. The van der Waals surface area contributed by atoms with Crippen molar-refractivity contribution in [2.75, 3.05) is 19.7 Å². The predicted octanol–water partition coefficient (Wildman–Crippen LogP) is 2.17. The monoisotopic (exact) mass is 187 g/mol. The number of nitrogens with one attached hydrogen (secondary N) is 1. The maximum Gasteiger partial charge on any atom is 0.0459 e. The normalized spacial score (nSPS) is 16.8. The van der Waals surface area contributed by atoms with Crippen molar-refractivity contribution >= 4 is 0 Å². The fraction of sp³-hybridized carbons (Fsp3) is 1.00. The zero-order valence-electron chi connectivity index (χ0n) is 9.18. The second-order valence-electron chi connectivity index (χ2n) is 3.70. The Balaban J connectivity index is 0.000000293. The smallest absolute Gasteiger partial charge is 0.0459 e. The second-order valence-corrected chi connectivity index (χ2v) is 3.70. The van der Waals surface area contributed by atoms with Crippen LogP contribution in [0.3, 0.4) is 0 Å². The zero-order chi connectivity index (χ0) is 9.94. The van der Waals surface area contributed by atoms with Crippen molar-refractivity contribution in [2.24, 2.45) is 5.92 Å². The van der Waals surface area contributed by atoms with Crippen molar-refractivity contribution in [3.8, 4) is 0 Å². The lowest BCUT2D eigenvalue weighted by Gasteiger charge is -2.09. The highest BCUT2D eigenvalue weighted by Gasteiger charge is 2.01. The van der Waals surface area contributed by atoms with E-state index >= 15 is 0 Å². The average molecular weight is 187 g/mol. The molecule has 0 aliphatic carbocycles. The first-order chi connectivity index (χ1) is 6.35. The minimum absolute atomic E-state index is 0.372. The van der Waals surface area contributed by atoms with Crippen LogP contribution in [0.25, 0.3) is 0 Å². The van der Waals surface area contributed by atoms with Crippen LogP contribution in [0.1, 0.15) is 46.0 Å². The van der Waals surface area contributed by atoms with Gasteiger partial charge in [0, 0.05) is 6.61 Å². The molecule has 0 bridgehead atoms. The van der Waals surface area contributed by atoms with E-state index in [1.165, 1.54) is 38.8 Å². The van der Waals surface area contributed by atoms with E-state index in [1.807, 2.05) is 0 Å². The van der Waals surface area contributed by atoms with E-state index in [4.69, 9.17) is 5.11 Å². The largest absolute Gasteiger partial charge is 0.396 e. The first-order valence-corrected chi connectivity index (χ1v) is 5.66. The Morgan fingerprint density at radius 3 is 2.08 bits per heavy atom. The summed E-state index contributed by atoms with van der Waals surface area (Å²) in [5.41, 5.74) is 0. The Kier molecular flexibility index (Phi) is 9.94. The molecule has 1 aliphatic rings. The highest BCUT2D eigenvalue weighted by molar-refractivity contribution is 4.56. The van der Waals surface area contributed by atoms with Gasteiger partial charge in [-0.15, -0.1) is 0 Å². The van der Waals surface area contributed by atoms with Crippen LogP contribution >= 0.6 is 0 Å². The molecule has 2 heteroatoms. The molecule has 1 aliphatic heterocycles. The average Bonchev–Trinajstić information content (AvgIpc) is 2.04. The van der Waals surface area contributed by atoms with E-state index in [0.717, 1.165) is 6.42 Å². The summed E-state index contributed by atoms with van der Waals surface area (Å²) in [5, 5.41) is 11.9. The van der Waals surface area contributed by atoms with Gasteiger partial charge in [-0.25, -0.2) is 0 Å². The molecule has 1 saturated heterocycles. The molecule has 1 fully saturated rings. The van der Waals surface area contributed by atoms with Crippen LogP contribution in [-0.4, -0.2) is 24.8 Å². The molecule has 80 valence electrons. The minimum atomic E-state index is 0.372. The first-order valence-electron chi connectivity index (χ1n) is 5.66. The maximum atomic E-state index is 8.75. The molecule has 0 aromatic heterocycles. The van der Waals surface area contributed by atoms with E-state index in [9.17, 15) is 0 Å². The Labute approximate surface area is 82.7 Å². The molecule has 2 nitrogen and oxygen atoms in total. The van der Waals surface area contributed by atoms with Gasteiger partial charge in [-0.2, -0.15) is 0 Å². The quantitative estimate of drug-likeness (QED) is 0.691. The van der Waals surface area contributed by atoms with E-state index in [-0.39, 0.29) is 0 Å². The summed E-state index contributed by atoms with van der Waals surface area (Å²) in [4.78, 5) is 0. The highest BCUT2D eigenvalue weighted by atomic mass is 16.3. The van der Waals surface area contributed by atoms with E-state index < -0.39 is 0 Å². The summed E-state index contributed by atoms with van der Waals surface area (Å²) in [6, 6.07) is 0. The van der Waals surface area contributed by atoms with Crippen molar-refractivity contribution < 1.29 is 5.11 Å². The molecular weight excluding hydrogens is 162 g/mol. The lowest BCUT2D eigenvalue weighted by Crippen LogP contribution is -2.29. The Morgan fingerprint density at radius 2 is 1.85 bits per heavy atom. The summed E-state index contributed by atoms with van der Waals surface area (Å²) >= 11 is 0. The number of hydrogen-bond acceptors (Lipinski definition) is 2. The molecule has 1 atom stereocenters. The molecule has 1 heterocycles. The number of unbranched alkanes of at least 4 members (excludes halogenated alkanes) is 1. The van der Waals surface area contributed by atoms with E-state index in [2.05, 4.69) is 19.2 Å². The van der Waals surface area contributed by atoms with Crippen molar-refractivity contribution in [1.82, 2.24) is 5.32 Å². The lowest BCUT2D eigenvalue weighted by molar-refractivity contribution is 0.212. The fourth-order valence-corrected chi connectivity index (χ4v) is 1.09. The van der Waals surface area contributed by atoms with Crippen molar-refractivity contribution in [2.45, 2.75) is 46.0 Å². The van der Waals surface area contributed by atoms with Gasteiger partial charge in [0.1, 0.15) is 0 Å². The van der Waals surface area contributed by atoms with Crippen LogP contribution in [0.15, 0.2) is 0 Å². The molecular formula is C11H25NO. The van der Waals surface area contributed by atoms with Crippen molar-refractivity contribution in [3.05, 3.63) is 0 Å². The van der Waals surface area contributed by atoms with Gasteiger partial charge in [0.2, 0.25) is 0 Å². The molecule has 1 rings (SSSR count). The highest BCUT2D eigenvalue weighted by Crippen LogP contribution is 2.10. The number of aliphatic hydroxyl groups is 1. The van der Waals surface area contributed by atoms with E-state index in [0.29, 0.717) is 12.5 Å². The third kappa shape index (κ3) is 8.26. The molecule has 0 spiro atoms. The molecule has 13 heavy (non-hydrogen) atoms. The molecule has 0 aromatic rings. The fourth-order valence-electron chi connectivity index (χ4n) is 1.09. The summed E-state index contributed by atoms with van der Waals surface area (Å²) in [5.74, 6) is 0.560. The Morgan fingerprint density at radius 1 is 1.31 bits per heavy atom. The summed E-state index contributed by atoms with van der Waals surface area (Å²) < 4.78 is 0. The second kappa shape index (κ2) is 10.0. The standard InChI is InChI=1S/C8H18O.C3H7N/c1-3-5-6-8(4-2)7-9;1-2-4-3-1/h8-9H,3-7H2,1-2H3;4H,1-3H2. The van der Waals surface area contributed by atoms with Crippen LogP contribution in [0.5, 0.6) is 0 Å². The number of aliphatic hydroxyl groups excluding tert-OH is 1. The zero-order valence-corrected chi connectivity index (χ0v) is 9.18. The van der Waals surface area contributed by atoms with Crippen LogP contribution in [0.2, 0.25) is 0 Å². The molecule has 2 N–H and O–H groups in total. The third-order valence-corrected chi connectivity index (χ3v) is 2.51. The predicted molar refractivity (Wildman–Crippen MR) is 57.9 cm³/mol. The van der Waals surface area contributed by atoms with Gasteiger partial charge in [0.05, 0.1) is 0 Å². The van der Waals surface area contributed by atoms with E-state index in [1.54, 1.807) is 0 Å². The van der Waals surface area contributed by atoms with Gasteiger partial charge in [0.15, 0.2) is 0 Å². The van der Waals surface area contributed by atoms with Gasteiger partial charge in [-0.3, -0.25) is 0 Å². The van der Waals surface area contributed by atoms with Gasteiger partial charge >= 0.3 is 0 Å². The topological polar surface area (TPSA) is 32.3 Å². The molecule has 0 aromatic carbocycles. The van der Waals surface area contributed by atoms with Crippen LogP contribution in [-0.2, 0) is 0 Å². The van der Waals surface area contributed by atoms with Gasteiger partial charge in [-0.1, -0.05) is 33.1 Å². The van der Waals surface area contributed by atoms with Gasteiger partial charge < -0.3 is 10.4 Å². The Hall–Kier alpha value is -0.0800. The van der Waals surface area contributed by atoms with Gasteiger partial charge in [-0.05, 0) is 31.8 Å². The summed E-state index contributed by atoms with van der Waals surface area (Å²) in [6.07, 6.45) is 6.22. The third-order valence-electron chi connectivity index (χ3n) is 2.51. The summed E-state index contributed by atoms with van der Waals surface area (Å²) in [6.45, 7) is 7.19. The van der Waals surface area contributed by atoms with Crippen LogP contribution in [0, 0.1) is 5.92 Å². The Bertz CT molecular complexity index is 84.1. The van der Waals surface area contributed by atoms with Crippen molar-refractivity contribution in [1.29, 1.82) is 0 Å². The maximum absolute atomic E-state index is 8.75. The summed E-state index contributed by atoms with van der Waals surface area (Å²) in [7, 11) is 0. The first kappa shape index (κ1) is 12.9. The van der Waals surface area contributed by atoms with Gasteiger partial charge in [0.25, 0.3) is 0 Å². The lowest BCUT2D eigenvalue weighted by atomic mass is 10.0. The molecule has 1 unspecified atom stereocenters. The van der Waals surface area contributed by atoms with Crippen LogP contribution in [0.4, 0.5) is 0 Å².